The third-order valence-electron chi connectivity index (χ3n) is 4.32. The van der Waals surface area contributed by atoms with Gasteiger partial charge in [0.2, 0.25) is 0 Å². The predicted octanol–water partition coefficient (Wildman–Crippen LogP) is 4.61. The molecule has 0 bridgehead atoms. The van der Waals surface area contributed by atoms with Crippen molar-refractivity contribution in [2.45, 2.75) is 26.7 Å². The number of hydrogen-bond donors (Lipinski definition) is 1. The summed E-state index contributed by atoms with van der Waals surface area (Å²) in [6.07, 6.45) is 0. The van der Waals surface area contributed by atoms with Crippen LogP contribution in [0.25, 0.3) is 5.69 Å². The molecule has 0 atom stereocenters. The first-order valence-corrected chi connectivity index (χ1v) is 8.96. The maximum Gasteiger partial charge on any atom is 0.278 e. The summed E-state index contributed by atoms with van der Waals surface area (Å²) in [6, 6.07) is 13.1. The van der Waals surface area contributed by atoms with Crippen LogP contribution in [0.5, 0.6) is 5.75 Å². The molecule has 1 N–H and O–H groups in total. The third-order valence-corrected chi connectivity index (χ3v) is 4.56. The number of aromatic nitrogens is 3. The molecule has 7 heteroatoms. The summed E-state index contributed by atoms with van der Waals surface area (Å²) in [4.78, 5) is 12.7. The maximum absolute atomic E-state index is 12.7. The van der Waals surface area contributed by atoms with Crippen molar-refractivity contribution in [1.29, 1.82) is 0 Å². The molecule has 0 aliphatic carbocycles. The van der Waals surface area contributed by atoms with E-state index in [9.17, 15) is 4.79 Å². The van der Waals surface area contributed by atoms with Crippen LogP contribution in [-0.2, 0) is 0 Å². The van der Waals surface area contributed by atoms with Gasteiger partial charge in [0.25, 0.3) is 5.91 Å². The second-order valence-electron chi connectivity index (χ2n) is 6.48. The molecular formula is C20H21ClN4O2. The van der Waals surface area contributed by atoms with E-state index < -0.39 is 0 Å². The highest BCUT2D eigenvalue weighted by Gasteiger charge is 2.19. The van der Waals surface area contributed by atoms with Crippen molar-refractivity contribution in [3.05, 3.63) is 64.4 Å². The van der Waals surface area contributed by atoms with Crippen molar-refractivity contribution in [2.75, 3.05) is 12.4 Å². The number of anilines is 1. The number of rotatable bonds is 5. The van der Waals surface area contributed by atoms with E-state index >= 15 is 0 Å². The Labute approximate surface area is 163 Å². The number of nitrogens with one attached hydrogen (secondary N) is 1. The minimum atomic E-state index is -0.377. The van der Waals surface area contributed by atoms with Gasteiger partial charge >= 0.3 is 0 Å². The topological polar surface area (TPSA) is 69.0 Å². The Morgan fingerprint density at radius 3 is 2.52 bits per heavy atom. The van der Waals surface area contributed by atoms with Crippen LogP contribution in [-0.4, -0.2) is 28.0 Å². The lowest BCUT2D eigenvalue weighted by atomic mass is 10.0. The van der Waals surface area contributed by atoms with E-state index in [0.717, 1.165) is 5.69 Å². The summed E-state index contributed by atoms with van der Waals surface area (Å²) < 4.78 is 6.90. The van der Waals surface area contributed by atoms with E-state index in [4.69, 9.17) is 16.3 Å². The molecule has 3 aromatic rings. The molecule has 3 rings (SSSR count). The summed E-state index contributed by atoms with van der Waals surface area (Å²) in [6.45, 7) is 6.09. The summed E-state index contributed by atoms with van der Waals surface area (Å²) >= 11 is 6.01. The average Bonchev–Trinajstić information content (AvgIpc) is 3.03. The van der Waals surface area contributed by atoms with E-state index in [1.54, 1.807) is 29.8 Å². The molecule has 0 aliphatic rings. The standard InChI is InChI=1S/C20H21ClN4O2/c1-12(2)14-5-8-16(9-6-14)25-13(3)19(23-24-25)20(26)22-17-11-15(21)7-10-18(17)27-4/h5-12H,1-4H3,(H,22,26). The lowest BCUT2D eigenvalue weighted by Crippen LogP contribution is -2.15. The van der Waals surface area contributed by atoms with Crippen molar-refractivity contribution in [3.8, 4) is 11.4 Å². The maximum atomic E-state index is 12.7. The highest BCUT2D eigenvalue weighted by Crippen LogP contribution is 2.28. The minimum absolute atomic E-state index is 0.241. The summed E-state index contributed by atoms with van der Waals surface area (Å²) in [5.74, 6) is 0.588. The monoisotopic (exact) mass is 384 g/mol. The number of methoxy groups -OCH3 is 1. The first-order chi connectivity index (χ1) is 12.9. The second-order valence-corrected chi connectivity index (χ2v) is 6.92. The molecule has 1 amide bonds. The van der Waals surface area contributed by atoms with E-state index in [2.05, 4.69) is 41.6 Å². The number of benzene rings is 2. The number of carbonyl (C=O) groups excluding carboxylic acids is 1. The lowest BCUT2D eigenvalue weighted by Gasteiger charge is -2.10. The number of ether oxygens (including phenoxy) is 1. The fourth-order valence-corrected chi connectivity index (χ4v) is 2.92. The Bertz CT molecular complexity index is 965. The van der Waals surface area contributed by atoms with Crippen LogP contribution in [0, 0.1) is 6.92 Å². The number of hydrogen-bond acceptors (Lipinski definition) is 4. The molecule has 0 saturated heterocycles. The Morgan fingerprint density at radius 1 is 1.19 bits per heavy atom. The largest absolute Gasteiger partial charge is 0.495 e. The fraction of sp³-hybridized carbons (Fsp3) is 0.250. The minimum Gasteiger partial charge on any atom is -0.495 e. The highest BCUT2D eigenvalue weighted by molar-refractivity contribution is 6.31. The van der Waals surface area contributed by atoms with Crippen LogP contribution in [0.4, 0.5) is 5.69 Å². The first kappa shape index (κ1) is 18.9. The molecule has 0 fully saturated rings. The van der Waals surface area contributed by atoms with Gasteiger partial charge in [-0.05, 0) is 48.7 Å². The Balaban J connectivity index is 1.86. The van der Waals surface area contributed by atoms with Gasteiger partial charge in [-0.1, -0.05) is 42.8 Å². The van der Waals surface area contributed by atoms with Gasteiger partial charge in [0.05, 0.1) is 24.2 Å². The van der Waals surface area contributed by atoms with E-state index in [0.29, 0.717) is 28.1 Å². The zero-order valence-corrected chi connectivity index (χ0v) is 16.4. The normalized spacial score (nSPS) is 10.9. The van der Waals surface area contributed by atoms with Gasteiger partial charge in [-0.15, -0.1) is 5.10 Å². The van der Waals surface area contributed by atoms with E-state index in [1.165, 1.54) is 12.7 Å². The molecule has 6 nitrogen and oxygen atoms in total. The molecule has 27 heavy (non-hydrogen) atoms. The van der Waals surface area contributed by atoms with Crippen molar-refractivity contribution in [2.24, 2.45) is 0 Å². The zero-order chi connectivity index (χ0) is 19.6. The molecule has 1 heterocycles. The number of amides is 1. The van der Waals surface area contributed by atoms with Gasteiger partial charge in [0, 0.05) is 5.02 Å². The van der Waals surface area contributed by atoms with Gasteiger partial charge in [-0.2, -0.15) is 0 Å². The molecule has 140 valence electrons. The Hall–Kier alpha value is -2.86. The van der Waals surface area contributed by atoms with Crippen LogP contribution in [0.1, 0.15) is 41.5 Å². The molecule has 0 saturated carbocycles. The Kier molecular flexibility index (Phi) is 5.46. The predicted molar refractivity (Wildman–Crippen MR) is 106 cm³/mol. The second kappa shape index (κ2) is 7.80. The van der Waals surface area contributed by atoms with Crippen molar-refractivity contribution < 1.29 is 9.53 Å². The molecule has 1 aromatic heterocycles. The summed E-state index contributed by atoms with van der Waals surface area (Å²) in [7, 11) is 1.53. The lowest BCUT2D eigenvalue weighted by molar-refractivity contribution is 0.102. The van der Waals surface area contributed by atoms with E-state index in [-0.39, 0.29) is 11.6 Å². The van der Waals surface area contributed by atoms with Gasteiger partial charge in [-0.3, -0.25) is 4.79 Å². The van der Waals surface area contributed by atoms with Crippen molar-refractivity contribution >= 4 is 23.2 Å². The summed E-state index contributed by atoms with van der Waals surface area (Å²) in [5.41, 5.74) is 3.45. The zero-order valence-electron chi connectivity index (χ0n) is 15.7. The van der Waals surface area contributed by atoms with Gasteiger partial charge in [0.15, 0.2) is 5.69 Å². The highest BCUT2D eigenvalue weighted by atomic mass is 35.5. The molecular weight excluding hydrogens is 364 g/mol. The smallest absolute Gasteiger partial charge is 0.278 e. The van der Waals surface area contributed by atoms with Crippen LogP contribution in [0.3, 0.4) is 0 Å². The van der Waals surface area contributed by atoms with Gasteiger partial charge < -0.3 is 10.1 Å². The van der Waals surface area contributed by atoms with Gasteiger partial charge in [-0.25, -0.2) is 4.68 Å². The van der Waals surface area contributed by atoms with Crippen LogP contribution >= 0.6 is 11.6 Å². The van der Waals surface area contributed by atoms with Crippen molar-refractivity contribution in [1.82, 2.24) is 15.0 Å². The Morgan fingerprint density at radius 2 is 1.89 bits per heavy atom. The number of nitrogens with zero attached hydrogens (tertiary/aromatic N) is 3. The molecule has 0 unspecified atom stereocenters. The number of carbonyl (C=O) groups is 1. The van der Waals surface area contributed by atoms with Crippen LogP contribution < -0.4 is 10.1 Å². The first-order valence-electron chi connectivity index (χ1n) is 8.58. The van der Waals surface area contributed by atoms with Crippen LogP contribution in [0.2, 0.25) is 5.02 Å². The SMILES string of the molecule is COc1ccc(Cl)cc1NC(=O)c1nnn(-c2ccc(C(C)C)cc2)c1C. The summed E-state index contributed by atoms with van der Waals surface area (Å²) in [5, 5.41) is 11.5. The fourth-order valence-electron chi connectivity index (χ4n) is 2.74. The molecule has 0 spiro atoms. The quantitative estimate of drug-likeness (QED) is 0.697. The average molecular weight is 385 g/mol. The van der Waals surface area contributed by atoms with Crippen LogP contribution in [0.15, 0.2) is 42.5 Å². The molecule has 2 aromatic carbocycles. The van der Waals surface area contributed by atoms with Crippen molar-refractivity contribution in [3.63, 3.8) is 0 Å². The van der Waals surface area contributed by atoms with Gasteiger partial charge in [0.1, 0.15) is 5.75 Å². The third kappa shape index (κ3) is 3.95. The molecule has 0 aliphatic heterocycles. The molecule has 0 radical (unpaired) electrons. The van der Waals surface area contributed by atoms with E-state index in [1.807, 2.05) is 12.1 Å². The number of halogens is 1.